The quantitative estimate of drug-likeness (QED) is 0.245. The van der Waals surface area contributed by atoms with Crippen molar-refractivity contribution in [3.05, 3.63) is 65.5 Å². The zero-order valence-corrected chi connectivity index (χ0v) is 27.4. The van der Waals surface area contributed by atoms with Crippen LogP contribution in [0.2, 0.25) is 0 Å². The number of hydrogen-bond acceptors (Lipinski definition) is 7. The summed E-state index contributed by atoms with van der Waals surface area (Å²) in [7, 11) is 3.31. The van der Waals surface area contributed by atoms with Crippen molar-refractivity contribution < 1.29 is 32.9 Å². The lowest BCUT2D eigenvalue weighted by Crippen LogP contribution is -2.52. The number of methoxy groups -OCH3 is 1. The highest BCUT2D eigenvalue weighted by Crippen LogP contribution is 2.45. The van der Waals surface area contributed by atoms with Gasteiger partial charge < -0.3 is 34.1 Å². The van der Waals surface area contributed by atoms with E-state index in [0.29, 0.717) is 42.4 Å². The predicted octanol–water partition coefficient (Wildman–Crippen LogP) is 7.32. The molecule has 0 radical (unpaired) electrons. The Hall–Kier alpha value is -4.18. The SMILES string of the molecule is CCC(OC(=O)N1CCCC1)Oc1ccc(-c2ccc3c(c2COc2cc(F)ccc2C)N(C)C(=O)C(C)(C)N3)c(OC)c1.Cl. The van der Waals surface area contributed by atoms with Crippen molar-refractivity contribution in [2.75, 3.05) is 37.5 Å². The molecule has 0 aliphatic carbocycles. The van der Waals surface area contributed by atoms with Crippen LogP contribution in [-0.4, -0.2) is 56.0 Å². The van der Waals surface area contributed by atoms with Crippen molar-refractivity contribution in [1.82, 2.24) is 4.90 Å². The molecule has 1 unspecified atom stereocenters. The second-order valence-electron chi connectivity index (χ2n) is 11.7. The molecule has 1 saturated heterocycles. The van der Waals surface area contributed by atoms with Gasteiger partial charge in [-0.1, -0.05) is 19.1 Å². The van der Waals surface area contributed by atoms with Crippen LogP contribution in [0.4, 0.5) is 20.6 Å². The average molecular weight is 642 g/mol. The number of likely N-dealkylation sites (tertiary alicyclic amines) is 1. The molecule has 1 N–H and O–H groups in total. The fraction of sp³-hybridized carbons (Fsp3) is 0.412. The number of nitrogens with zero attached hydrogens (tertiary/aromatic N) is 2. The maximum atomic E-state index is 14.1. The van der Waals surface area contributed by atoms with Crippen molar-refractivity contribution in [1.29, 1.82) is 0 Å². The van der Waals surface area contributed by atoms with Crippen molar-refractivity contribution in [2.45, 2.75) is 65.4 Å². The van der Waals surface area contributed by atoms with E-state index >= 15 is 0 Å². The Balaban J connectivity index is 0.00000461. The lowest BCUT2D eigenvalue weighted by Gasteiger charge is -2.39. The van der Waals surface area contributed by atoms with Crippen LogP contribution in [0.5, 0.6) is 17.2 Å². The van der Waals surface area contributed by atoms with Crippen LogP contribution in [0.15, 0.2) is 48.5 Å². The molecule has 3 aromatic rings. The van der Waals surface area contributed by atoms with Crippen LogP contribution in [0.25, 0.3) is 11.1 Å². The Morgan fingerprint density at radius 3 is 2.44 bits per heavy atom. The molecule has 242 valence electrons. The number of likely N-dealkylation sites (N-methyl/N-ethyl adjacent to an activating group) is 1. The number of rotatable bonds is 9. The van der Waals surface area contributed by atoms with Crippen LogP contribution in [0, 0.1) is 12.7 Å². The van der Waals surface area contributed by atoms with Crippen molar-refractivity contribution in [3.63, 3.8) is 0 Å². The summed E-state index contributed by atoms with van der Waals surface area (Å²) in [6.45, 7) is 8.86. The Bertz CT molecular complexity index is 1560. The van der Waals surface area contributed by atoms with Gasteiger partial charge in [-0.2, -0.15) is 0 Å². The third-order valence-corrected chi connectivity index (χ3v) is 8.09. The van der Waals surface area contributed by atoms with Crippen molar-refractivity contribution in [3.8, 4) is 28.4 Å². The maximum absolute atomic E-state index is 14.1. The highest BCUT2D eigenvalue weighted by molar-refractivity contribution is 6.08. The number of nitrogens with one attached hydrogen (secondary N) is 1. The molecule has 3 aromatic carbocycles. The maximum Gasteiger partial charge on any atom is 0.412 e. The summed E-state index contributed by atoms with van der Waals surface area (Å²) in [5, 5.41) is 3.35. The molecule has 2 amide bonds. The molecule has 9 nitrogen and oxygen atoms in total. The van der Waals surface area contributed by atoms with Gasteiger partial charge in [-0.05, 0) is 69.0 Å². The van der Waals surface area contributed by atoms with E-state index in [1.807, 2.05) is 45.9 Å². The number of carbonyl (C=O) groups excluding carboxylic acids is 2. The van der Waals surface area contributed by atoms with E-state index in [0.717, 1.165) is 40.8 Å². The van der Waals surface area contributed by atoms with Crippen LogP contribution in [-0.2, 0) is 16.1 Å². The summed E-state index contributed by atoms with van der Waals surface area (Å²) in [5.74, 6) is 0.912. The molecule has 1 fully saturated rings. The predicted molar refractivity (Wildman–Crippen MR) is 174 cm³/mol. The van der Waals surface area contributed by atoms with E-state index < -0.39 is 17.6 Å². The molecule has 0 saturated carbocycles. The number of halogens is 2. The molecule has 2 aliphatic heterocycles. The molecule has 1 atom stereocenters. The first-order chi connectivity index (χ1) is 21.0. The average Bonchev–Trinajstić information content (AvgIpc) is 3.55. The Labute approximate surface area is 270 Å². The van der Waals surface area contributed by atoms with Gasteiger partial charge in [0, 0.05) is 49.8 Å². The topological polar surface area (TPSA) is 89.6 Å². The first kappa shape index (κ1) is 33.7. The van der Waals surface area contributed by atoms with Gasteiger partial charge in [0.2, 0.25) is 6.29 Å². The fourth-order valence-electron chi connectivity index (χ4n) is 5.71. The van der Waals surface area contributed by atoms with E-state index in [1.165, 1.54) is 12.1 Å². The molecule has 2 heterocycles. The lowest BCUT2D eigenvalue weighted by molar-refractivity contribution is -0.121. The number of carbonyl (C=O) groups is 2. The summed E-state index contributed by atoms with van der Waals surface area (Å²) >= 11 is 0. The first-order valence-corrected chi connectivity index (χ1v) is 14.9. The Kier molecular flexibility index (Phi) is 10.4. The summed E-state index contributed by atoms with van der Waals surface area (Å²) in [5.41, 5.74) is 3.67. The van der Waals surface area contributed by atoms with Gasteiger partial charge in [0.1, 0.15) is 35.2 Å². The molecule has 0 aromatic heterocycles. The number of anilines is 2. The minimum absolute atomic E-state index is 0. The fourth-order valence-corrected chi connectivity index (χ4v) is 5.71. The molecule has 0 spiro atoms. The number of ether oxygens (including phenoxy) is 4. The van der Waals surface area contributed by atoms with E-state index in [1.54, 1.807) is 42.2 Å². The van der Waals surface area contributed by atoms with E-state index in [-0.39, 0.29) is 31.0 Å². The zero-order chi connectivity index (χ0) is 31.6. The van der Waals surface area contributed by atoms with E-state index in [4.69, 9.17) is 18.9 Å². The van der Waals surface area contributed by atoms with Crippen molar-refractivity contribution >= 4 is 35.8 Å². The minimum Gasteiger partial charge on any atom is -0.496 e. The third kappa shape index (κ3) is 7.06. The first-order valence-electron chi connectivity index (χ1n) is 14.9. The number of amides is 2. The van der Waals surface area contributed by atoms with Gasteiger partial charge in [-0.3, -0.25) is 4.79 Å². The summed E-state index contributed by atoms with van der Waals surface area (Å²) in [6.07, 6.45) is 1.29. The number of fused-ring (bicyclic) bond motifs is 1. The normalized spacial score (nSPS) is 15.8. The van der Waals surface area contributed by atoms with Crippen LogP contribution >= 0.6 is 12.4 Å². The minimum atomic E-state index is -0.800. The summed E-state index contributed by atoms with van der Waals surface area (Å²) in [6, 6.07) is 13.7. The second kappa shape index (κ2) is 13.9. The van der Waals surface area contributed by atoms with Gasteiger partial charge in [-0.15, -0.1) is 12.4 Å². The van der Waals surface area contributed by atoms with Crippen molar-refractivity contribution in [2.24, 2.45) is 0 Å². The number of hydrogen-bond donors (Lipinski definition) is 1. The summed E-state index contributed by atoms with van der Waals surface area (Å²) in [4.78, 5) is 29.2. The molecule has 5 rings (SSSR count). The van der Waals surface area contributed by atoms with Gasteiger partial charge >= 0.3 is 6.09 Å². The van der Waals surface area contributed by atoms with Gasteiger partial charge in [0.05, 0.1) is 18.5 Å². The molecule has 0 bridgehead atoms. The molecular formula is C34H41ClFN3O6. The second-order valence-corrected chi connectivity index (χ2v) is 11.7. The summed E-state index contributed by atoms with van der Waals surface area (Å²) < 4.78 is 37.8. The van der Waals surface area contributed by atoms with E-state index in [2.05, 4.69) is 5.32 Å². The monoisotopic (exact) mass is 641 g/mol. The lowest BCUT2D eigenvalue weighted by atomic mass is 9.91. The number of aryl methyl sites for hydroxylation is 1. The van der Waals surface area contributed by atoms with Gasteiger partial charge in [0.15, 0.2) is 0 Å². The standard InChI is InChI=1S/C34H40FN3O6.ClH/c1-7-30(44-33(40)38-16-8-9-17-38)43-23-12-13-25(29(19-23)41-6)24-14-15-27-31(37(5)32(39)34(3,4)36-27)26(24)20-42-28-18-22(35)11-10-21(28)2;/h10-15,18-19,30,36H,7-9,16-17,20H2,1-6H3;1H. The van der Waals surface area contributed by atoms with Gasteiger partial charge in [-0.25, -0.2) is 9.18 Å². The molecular weight excluding hydrogens is 601 g/mol. The molecule has 45 heavy (non-hydrogen) atoms. The van der Waals surface area contributed by atoms with E-state index in [9.17, 15) is 14.0 Å². The Morgan fingerprint density at radius 2 is 1.76 bits per heavy atom. The molecule has 2 aliphatic rings. The smallest absolute Gasteiger partial charge is 0.412 e. The van der Waals surface area contributed by atoms with Crippen LogP contribution in [0.1, 0.15) is 51.2 Å². The van der Waals surface area contributed by atoms with Crippen LogP contribution in [0.3, 0.4) is 0 Å². The third-order valence-electron chi connectivity index (χ3n) is 8.09. The molecule has 11 heteroatoms. The highest BCUT2D eigenvalue weighted by atomic mass is 35.5. The zero-order valence-electron chi connectivity index (χ0n) is 26.6. The highest BCUT2D eigenvalue weighted by Gasteiger charge is 2.39. The van der Waals surface area contributed by atoms with Crippen LogP contribution < -0.4 is 24.4 Å². The Morgan fingerprint density at radius 1 is 1.04 bits per heavy atom. The number of benzene rings is 3. The largest absolute Gasteiger partial charge is 0.496 e. The van der Waals surface area contributed by atoms with Gasteiger partial charge in [0.25, 0.3) is 5.91 Å².